The van der Waals surface area contributed by atoms with E-state index in [9.17, 15) is 0 Å². The second kappa shape index (κ2) is 59.1. The van der Waals surface area contributed by atoms with Crippen LogP contribution in [-0.4, -0.2) is 42.3 Å². The zero-order valence-electron chi connectivity index (χ0n) is 2.32. The molecule has 6 heteroatoms. The van der Waals surface area contributed by atoms with Crippen LogP contribution in [0.4, 0.5) is 0 Å². The third kappa shape index (κ3) is 35.6. The Morgan fingerprint density at radius 1 is 0.667 bits per heavy atom. The van der Waals surface area contributed by atoms with E-state index in [4.69, 9.17) is 0 Å². The molecule has 0 aliphatic heterocycles. The molecule has 0 fully saturated rings. The Balaban J connectivity index is 0. The maximum absolute atomic E-state index is 0. The van der Waals surface area contributed by atoms with E-state index in [2.05, 4.69) is 0 Å². The molecule has 0 heterocycles. The molecule has 0 aliphatic carbocycles. The predicted octanol–water partition coefficient (Wildman–Crippen LogP) is -3.66. The minimum absolute atomic E-state index is 0. The summed E-state index contributed by atoms with van der Waals surface area (Å²) < 4.78 is 0. The van der Waals surface area contributed by atoms with E-state index < -0.39 is 0 Å². The van der Waals surface area contributed by atoms with Gasteiger partial charge >= 0.3 is 25.8 Å². The Labute approximate surface area is 83.5 Å². The normalized spacial score (nSPS) is 0. The summed E-state index contributed by atoms with van der Waals surface area (Å²) in [4.78, 5) is 0. The molecule has 0 aromatic carbocycles. The summed E-state index contributed by atoms with van der Waals surface area (Å²) in [5.74, 6) is 0. The molecule has 0 radical (unpaired) electrons. The van der Waals surface area contributed by atoms with E-state index >= 15 is 0 Å². The van der Waals surface area contributed by atoms with Crippen molar-refractivity contribution in [2.75, 3.05) is 0 Å². The van der Waals surface area contributed by atoms with E-state index in [0.717, 1.165) is 0 Å². The summed E-state index contributed by atoms with van der Waals surface area (Å²) in [6.45, 7) is 0. The van der Waals surface area contributed by atoms with Gasteiger partial charge in [0.15, 0.2) is 0 Å². The molecule has 0 amide bonds. The van der Waals surface area contributed by atoms with Crippen molar-refractivity contribution in [2.24, 2.45) is 0 Å². The first kappa shape index (κ1) is 91.3. The van der Waals surface area contributed by atoms with Gasteiger partial charge in [-0.2, -0.15) is 0 Å². The van der Waals surface area contributed by atoms with Crippen LogP contribution in [0, 0.1) is 0 Å². The van der Waals surface area contributed by atoms with Crippen LogP contribution in [0.2, 0.25) is 0 Å². The van der Waals surface area contributed by atoms with Gasteiger partial charge < -0.3 is 16.4 Å². The van der Waals surface area contributed by atoms with Crippen molar-refractivity contribution in [3.05, 3.63) is 0 Å². The molecule has 0 saturated heterocycles. The zero-order chi connectivity index (χ0) is 0. The molecule has 0 aromatic heterocycles. The summed E-state index contributed by atoms with van der Waals surface area (Å²) in [6, 6.07) is 0. The summed E-state index contributed by atoms with van der Waals surface area (Å²) in [6.07, 6.45) is 0. The van der Waals surface area contributed by atoms with Gasteiger partial charge in [0.1, 0.15) is 0 Å². The largest absolute Gasteiger partial charge is 0 e. The Hall–Kier alpha value is 2.13. The fourth-order valence-electron chi connectivity index (χ4n) is 0. The minimum atomic E-state index is 0. The van der Waals surface area contributed by atoms with Gasteiger partial charge in [-0.3, -0.25) is 0 Å². The Bertz CT molecular complexity index is 10.8. The molecule has 0 aliphatic rings. The van der Waals surface area contributed by atoms with Crippen LogP contribution in [0.15, 0.2) is 0 Å². The van der Waals surface area contributed by atoms with Crippen LogP contribution in [0.5, 0.6) is 0 Å². The second-order valence-corrected chi connectivity index (χ2v) is 0. The van der Waals surface area contributed by atoms with Gasteiger partial charge in [0.25, 0.3) is 0 Å². The van der Waals surface area contributed by atoms with Crippen molar-refractivity contribution in [3.8, 4) is 0 Å². The molecule has 0 bridgehead atoms. The molecule has 0 atom stereocenters. The molecule has 42 valence electrons. The average Bonchev–Trinajstić information content (AvgIpc) is 0. The third-order valence-electron chi connectivity index (χ3n) is 0. The second-order valence-electron chi connectivity index (χ2n) is 0. The fraction of sp³-hybridized carbons (Fsp3) is 0. The summed E-state index contributed by atoms with van der Waals surface area (Å²) in [5, 5.41) is 0. The van der Waals surface area contributed by atoms with Gasteiger partial charge in [0.2, 0.25) is 0 Å². The predicted molar refractivity (Wildman–Crippen MR) is 20.8 cm³/mol. The van der Waals surface area contributed by atoms with Gasteiger partial charge in [-0.15, -0.1) is 0 Å². The molecule has 0 rings (SSSR count). The molecule has 0 unspecified atom stereocenters. The van der Waals surface area contributed by atoms with Gasteiger partial charge in [-0.25, -0.2) is 0 Å². The van der Waals surface area contributed by atoms with Crippen molar-refractivity contribution >= 4 is 25.8 Å². The van der Waals surface area contributed by atoms with Crippen LogP contribution in [0.1, 0.15) is 0 Å². The zero-order valence-corrected chi connectivity index (χ0v) is 7.26. The first-order valence-electron chi connectivity index (χ1n) is 0. The fourth-order valence-corrected chi connectivity index (χ4v) is 0. The number of rotatable bonds is 0. The van der Waals surface area contributed by atoms with Crippen molar-refractivity contribution in [3.63, 3.8) is 0 Å². The maximum Gasteiger partial charge on any atom is 0 e. The molecule has 3 nitrogen and oxygen atoms in total. The molecular weight excluding hydrogens is 443 g/mol. The van der Waals surface area contributed by atoms with Crippen LogP contribution in [0.3, 0.4) is 0 Å². The first-order chi connectivity index (χ1) is 0. The average molecular weight is 452 g/mol. The minimum Gasteiger partial charge on any atom is 0 e. The smallest absolute Gasteiger partial charge is 0 e. The van der Waals surface area contributed by atoms with E-state index in [1.807, 2.05) is 0 Å². The van der Waals surface area contributed by atoms with E-state index in [1.54, 1.807) is 0 Å². The van der Waals surface area contributed by atoms with Gasteiger partial charge in [-0.1, -0.05) is 0 Å². The van der Waals surface area contributed by atoms with Crippen molar-refractivity contribution in [1.82, 2.24) is 0 Å². The maximum atomic E-state index is 0. The molecule has 0 spiro atoms. The van der Waals surface area contributed by atoms with Crippen LogP contribution in [-0.2, 0) is 42.1 Å². The van der Waals surface area contributed by atoms with Crippen molar-refractivity contribution in [2.45, 2.75) is 0 Å². The molecular formula is H9InMoO3W. The topological polar surface area (TPSA) is 94.5 Å². The number of hydrogen-bond donors (Lipinski definition) is 0. The molecule has 6 N–H and O–H groups in total. The third-order valence-corrected chi connectivity index (χ3v) is 0. The SMILES string of the molecule is O.O.O.[InH3].[Mo].[W]. The first-order valence-corrected chi connectivity index (χ1v) is 0. The van der Waals surface area contributed by atoms with E-state index in [0.29, 0.717) is 0 Å². The monoisotopic (exact) mass is 454 g/mol. The van der Waals surface area contributed by atoms with E-state index in [1.165, 1.54) is 0 Å². The Kier molecular flexibility index (Phi) is 900. The standard InChI is InChI=1S/In.Mo.3H2O.W.3H/h;;3*1H2;;;;. The van der Waals surface area contributed by atoms with Gasteiger partial charge in [-0.05, 0) is 0 Å². The summed E-state index contributed by atoms with van der Waals surface area (Å²) in [7, 11) is 0. The van der Waals surface area contributed by atoms with Crippen molar-refractivity contribution in [1.29, 1.82) is 0 Å². The quantitative estimate of drug-likeness (QED) is 0.340. The molecule has 6 heavy (non-hydrogen) atoms. The summed E-state index contributed by atoms with van der Waals surface area (Å²) in [5.41, 5.74) is 0. The Morgan fingerprint density at radius 2 is 0.667 bits per heavy atom. The van der Waals surface area contributed by atoms with E-state index in [-0.39, 0.29) is 84.4 Å². The summed E-state index contributed by atoms with van der Waals surface area (Å²) >= 11 is 0. The molecule has 0 aromatic rings. The van der Waals surface area contributed by atoms with Crippen LogP contribution in [0.25, 0.3) is 0 Å². The van der Waals surface area contributed by atoms with Gasteiger partial charge in [0, 0.05) is 42.1 Å². The van der Waals surface area contributed by atoms with Crippen LogP contribution >= 0.6 is 0 Å². The van der Waals surface area contributed by atoms with Crippen LogP contribution < -0.4 is 0 Å². The Morgan fingerprint density at radius 3 is 0.667 bits per heavy atom. The van der Waals surface area contributed by atoms with Crippen molar-refractivity contribution < 1.29 is 58.6 Å². The van der Waals surface area contributed by atoms with Gasteiger partial charge in [0.05, 0.1) is 0 Å². The molecule has 0 saturated carbocycles. The number of hydrogen-bond acceptors (Lipinski definition) is 0.